The van der Waals surface area contributed by atoms with Crippen molar-refractivity contribution in [2.75, 3.05) is 30.1 Å². The Morgan fingerprint density at radius 3 is 2.33 bits per heavy atom. The monoisotopic (exact) mass is 484 g/mol. The fourth-order valence-electron chi connectivity index (χ4n) is 2.73. The lowest BCUT2D eigenvalue weighted by Crippen LogP contribution is -2.21. The van der Waals surface area contributed by atoms with E-state index in [0.717, 1.165) is 4.90 Å². The molecule has 0 bridgehead atoms. The number of hydrogen-bond donors (Lipinski definition) is 2. The molecule has 3 aromatic rings. The van der Waals surface area contributed by atoms with Crippen molar-refractivity contribution in [2.24, 2.45) is 0 Å². The van der Waals surface area contributed by atoms with Crippen molar-refractivity contribution in [3.8, 4) is 5.75 Å². The van der Waals surface area contributed by atoms with Crippen molar-refractivity contribution in [1.82, 2.24) is 0 Å². The summed E-state index contributed by atoms with van der Waals surface area (Å²) < 4.78 is 10.2. The van der Waals surface area contributed by atoms with Gasteiger partial charge < -0.3 is 20.1 Å². The molecule has 0 fully saturated rings. The molecule has 0 aromatic heterocycles. The summed E-state index contributed by atoms with van der Waals surface area (Å²) in [5, 5.41) is 5.95. The highest BCUT2D eigenvalue weighted by atomic mass is 35.5. The number of nitrogens with one attached hydrogen (secondary N) is 2. The highest BCUT2D eigenvalue weighted by molar-refractivity contribution is 8.00. The summed E-state index contributed by atoms with van der Waals surface area (Å²) in [6, 6.07) is 20.6. The Kier molecular flexibility index (Phi) is 8.74. The first kappa shape index (κ1) is 24.2. The van der Waals surface area contributed by atoms with Crippen LogP contribution in [0.2, 0.25) is 5.02 Å². The van der Waals surface area contributed by atoms with Gasteiger partial charge in [0.15, 0.2) is 6.61 Å². The fraction of sp³-hybridized carbons (Fsp3) is 0.125. The van der Waals surface area contributed by atoms with Gasteiger partial charge in [0.05, 0.1) is 23.6 Å². The second-order valence-electron chi connectivity index (χ2n) is 6.66. The van der Waals surface area contributed by atoms with Crippen LogP contribution >= 0.6 is 23.4 Å². The van der Waals surface area contributed by atoms with E-state index in [9.17, 15) is 14.4 Å². The molecule has 0 atom stereocenters. The standard InChI is InChI=1S/C24H21ClN2O5S/c1-31-20-8-4-3-7-19(20)27-24(30)16-10-12-17(13-11-16)26-22(28)14-32-23(29)15-33-21-9-5-2-6-18(21)25/h2-13H,14-15H2,1H3,(H,26,28)(H,27,30). The first-order valence-electron chi connectivity index (χ1n) is 9.83. The molecule has 3 rings (SSSR count). The predicted molar refractivity (Wildman–Crippen MR) is 129 cm³/mol. The van der Waals surface area contributed by atoms with Gasteiger partial charge in [-0.25, -0.2) is 0 Å². The first-order valence-corrected chi connectivity index (χ1v) is 11.2. The van der Waals surface area contributed by atoms with Gasteiger partial charge in [0.2, 0.25) is 0 Å². The van der Waals surface area contributed by atoms with Crippen molar-refractivity contribution >= 4 is 52.5 Å². The number of hydrogen-bond acceptors (Lipinski definition) is 6. The summed E-state index contributed by atoms with van der Waals surface area (Å²) >= 11 is 7.28. The zero-order valence-electron chi connectivity index (χ0n) is 17.7. The van der Waals surface area contributed by atoms with Gasteiger partial charge in [0.25, 0.3) is 11.8 Å². The molecule has 33 heavy (non-hydrogen) atoms. The van der Waals surface area contributed by atoms with Gasteiger partial charge in [-0.2, -0.15) is 0 Å². The van der Waals surface area contributed by atoms with Gasteiger partial charge in [-0.3, -0.25) is 14.4 Å². The summed E-state index contributed by atoms with van der Waals surface area (Å²) in [6.07, 6.45) is 0. The van der Waals surface area contributed by atoms with Gasteiger partial charge in [0.1, 0.15) is 5.75 Å². The average Bonchev–Trinajstić information content (AvgIpc) is 2.83. The molecule has 0 radical (unpaired) electrons. The molecule has 0 aliphatic carbocycles. The molecule has 0 saturated carbocycles. The number of carbonyl (C=O) groups excluding carboxylic acids is 3. The van der Waals surface area contributed by atoms with Gasteiger partial charge in [-0.15, -0.1) is 11.8 Å². The van der Waals surface area contributed by atoms with E-state index < -0.39 is 18.5 Å². The maximum Gasteiger partial charge on any atom is 0.316 e. The molecular formula is C24H21ClN2O5S. The Morgan fingerprint density at radius 2 is 1.61 bits per heavy atom. The predicted octanol–water partition coefficient (Wildman–Crippen LogP) is 4.87. The van der Waals surface area contributed by atoms with Crippen molar-refractivity contribution in [3.63, 3.8) is 0 Å². The summed E-state index contributed by atoms with van der Waals surface area (Å²) in [5.74, 6) is -0.750. The average molecular weight is 485 g/mol. The van der Waals surface area contributed by atoms with Crippen molar-refractivity contribution in [1.29, 1.82) is 0 Å². The quantitative estimate of drug-likeness (QED) is 0.332. The van der Waals surface area contributed by atoms with Crippen LogP contribution in [0.4, 0.5) is 11.4 Å². The van der Waals surface area contributed by atoms with E-state index in [-0.39, 0.29) is 11.7 Å². The third-order valence-corrected chi connectivity index (χ3v) is 5.82. The van der Waals surface area contributed by atoms with Crippen LogP contribution in [0.15, 0.2) is 77.7 Å². The van der Waals surface area contributed by atoms with Crippen LogP contribution in [0.5, 0.6) is 5.75 Å². The minimum atomic E-state index is -0.529. The number of ether oxygens (including phenoxy) is 2. The number of esters is 1. The number of halogens is 1. The van der Waals surface area contributed by atoms with Crippen molar-refractivity contribution < 1.29 is 23.9 Å². The molecule has 0 aliphatic heterocycles. The Labute approximate surface area is 200 Å². The van der Waals surface area contributed by atoms with E-state index in [1.807, 2.05) is 6.07 Å². The van der Waals surface area contributed by atoms with Gasteiger partial charge >= 0.3 is 5.97 Å². The minimum absolute atomic E-state index is 0.0347. The van der Waals surface area contributed by atoms with Crippen LogP contribution in [0.1, 0.15) is 10.4 Å². The molecule has 170 valence electrons. The third-order valence-electron chi connectivity index (χ3n) is 4.33. The number of anilines is 2. The molecule has 0 aliphatic rings. The van der Waals surface area contributed by atoms with Crippen LogP contribution in [0, 0.1) is 0 Å². The maximum absolute atomic E-state index is 12.5. The van der Waals surface area contributed by atoms with Crippen molar-refractivity contribution in [2.45, 2.75) is 4.90 Å². The molecular weight excluding hydrogens is 464 g/mol. The number of amides is 2. The van der Waals surface area contributed by atoms with E-state index in [1.165, 1.54) is 18.9 Å². The first-order chi connectivity index (χ1) is 16.0. The summed E-state index contributed by atoms with van der Waals surface area (Å²) in [4.78, 5) is 37.2. The van der Waals surface area contributed by atoms with Crippen LogP contribution in [-0.4, -0.2) is 37.3 Å². The summed E-state index contributed by atoms with van der Waals surface area (Å²) in [5.41, 5.74) is 1.43. The minimum Gasteiger partial charge on any atom is -0.495 e. The van der Waals surface area contributed by atoms with Crippen LogP contribution in [0.3, 0.4) is 0 Å². The largest absolute Gasteiger partial charge is 0.495 e. The van der Waals surface area contributed by atoms with Crippen LogP contribution in [-0.2, 0) is 14.3 Å². The molecule has 3 aromatic carbocycles. The molecule has 7 nitrogen and oxygen atoms in total. The van der Waals surface area contributed by atoms with E-state index >= 15 is 0 Å². The SMILES string of the molecule is COc1ccccc1NC(=O)c1ccc(NC(=O)COC(=O)CSc2ccccc2Cl)cc1. The zero-order chi connectivity index (χ0) is 23.6. The lowest BCUT2D eigenvalue weighted by Gasteiger charge is -2.10. The Balaban J connectivity index is 1.45. The van der Waals surface area contributed by atoms with E-state index in [2.05, 4.69) is 10.6 Å². The van der Waals surface area contributed by atoms with Gasteiger partial charge in [-0.05, 0) is 48.5 Å². The van der Waals surface area contributed by atoms with E-state index in [1.54, 1.807) is 66.7 Å². The molecule has 2 amide bonds. The number of rotatable bonds is 9. The second-order valence-corrected chi connectivity index (χ2v) is 8.08. The molecule has 0 heterocycles. The smallest absolute Gasteiger partial charge is 0.316 e. The lowest BCUT2D eigenvalue weighted by molar-refractivity contribution is -0.144. The molecule has 0 saturated heterocycles. The Bertz CT molecular complexity index is 1140. The summed E-state index contributed by atoms with van der Waals surface area (Å²) in [6.45, 7) is -0.419. The van der Waals surface area contributed by atoms with Gasteiger partial charge in [-0.1, -0.05) is 35.9 Å². The number of thioether (sulfide) groups is 1. The van der Waals surface area contributed by atoms with Crippen LogP contribution in [0.25, 0.3) is 0 Å². The topological polar surface area (TPSA) is 93.7 Å². The molecule has 0 spiro atoms. The maximum atomic E-state index is 12.5. The number of methoxy groups -OCH3 is 1. The lowest BCUT2D eigenvalue weighted by atomic mass is 10.2. The molecule has 9 heteroatoms. The van der Waals surface area contributed by atoms with Crippen molar-refractivity contribution in [3.05, 3.63) is 83.4 Å². The molecule has 2 N–H and O–H groups in total. The number of carbonyl (C=O) groups is 3. The second kappa shape index (κ2) is 11.9. The number of para-hydroxylation sites is 2. The Hall–Kier alpha value is -3.49. The van der Waals surface area contributed by atoms with E-state index in [4.69, 9.17) is 21.1 Å². The third kappa shape index (κ3) is 7.27. The zero-order valence-corrected chi connectivity index (χ0v) is 19.2. The highest BCUT2D eigenvalue weighted by Gasteiger charge is 2.12. The Morgan fingerprint density at radius 1 is 0.909 bits per heavy atom. The number of benzene rings is 3. The van der Waals surface area contributed by atoms with Crippen LogP contribution < -0.4 is 15.4 Å². The van der Waals surface area contributed by atoms with Gasteiger partial charge in [0, 0.05) is 16.1 Å². The summed E-state index contributed by atoms with van der Waals surface area (Å²) in [7, 11) is 1.53. The van der Waals surface area contributed by atoms with E-state index in [0.29, 0.717) is 27.7 Å². The molecule has 0 unspecified atom stereocenters. The fourth-order valence-corrected chi connectivity index (χ4v) is 3.77. The highest BCUT2D eigenvalue weighted by Crippen LogP contribution is 2.26. The normalized spacial score (nSPS) is 10.2.